The molecule has 1 fully saturated rings. The molecular formula is C32H32N2O5S. The number of rotatable bonds is 6. The van der Waals surface area contributed by atoms with Gasteiger partial charge in [0, 0.05) is 31.1 Å². The molecule has 2 heterocycles. The zero-order chi connectivity index (χ0) is 28.3. The molecule has 4 aromatic rings. The lowest BCUT2D eigenvalue weighted by atomic mass is 9.81. The third-order valence-corrected chi connectivity index (χ3v) is 8.21. The summed E-state index contributed by atoms with van der Waals surface area (Å²) in [6.07, 6.45) is 3.09. The highest BCUT2D eigenvalue weighted by Gasteiger charge is 2.40. The van der Waals surface area contributed by atoms with Gasteiger partial charge in [0.15, 0.2) is 12.2 Å². The molecule has 1 saturated heterocycles. The Morgan fingerprint density at radius 3 is 2.35 bits per heavy atom. The summed E-state index contributed by atoms with van der Waals surface area (Å²) in [5.41, 5.74) is 3.79. The minimum atomic E-state index is -3.81. The number of hydrogen-bond acceptors (Lipinski definition) is 6. The maximum Gasteiger partial charge on any atom is 0.238 e. The maximum atomic E-state index is 11.7. The van der Waals surface area contributed by atoms with Crippen molar-refractivity contribution in [1.82, 2.24) is 4.98 Å². The Kier molecular flexibility index (Phi) is 7.92. The summed E-state index contributed by atoms with van der Waals surface area (Å²) in [4.78, 5) is 4.57. The highest BCUT2D eigenvalue weighted by atomic mass is 32.2. The van der Waals surface area contributed by atoms with Crippen molar-refractivity contribution in [2.75, 3.05) is 7.11 Å². The molecule has 1 aliphatic rings. The summed E-state index contributed by atoms with van der Waals surface area (Å²) < 4.78 is 41.3. The van der Waals surface area contributed by atoms with Gasteiger partial charge in [0.1, 0.15) is 5.69 Å². The van der Waals surface area contributed by atoms with Crippen molar-refractivity contribution in [2.45, 2.75) is 55.3 Å². The standard InChI is InChI=1S/C32H32N2O5S/c1-22-19-32(37-3,20-23(2)39-22)27-11-7-8-24(18-27)12-17-29(25-9-5-4-6-10-25)30-31(38-21-34-30)26-13-15-28(16-14-26)40(33,35)36/h4-11,13-16,18,21-23,29H,19-20H2,1-3H3,(H2,33,35,36). The molecule has 5 rings (SSSR count). The molecule has 206 valence electrons. The first-order valence-electron chi connectivity index (χ1n) is 13.1. The SMILES string of the molecule is COC1(c2cccc(C#CC(c3ccccc3)c3ncoc3-c3ccc(S(N)(=O)=O)cc3)c2)CC(C)OC(C)C1. The summed E-state index contributed by atoms with van der Waals surface area (Å²) in [6, 6.07) is 24.3. The predicted molar refractivity (Wildman–Crippen MR) is 153 cm³/mol. The first kappa shape index (κ1) is 27.8. The second-order valence-corrected chi connectivity index (χ2v) is 11.8. The van der Waals surface area contributed by atoms with Crippen molar-refractivity contribution in [3.8, 4) is 23.2 Å². The van der Waals surface area contributed by atoms with Gasteiger partial charge in [0.25, 0.3) is 0 Å². The van der Waals surface area contributed by atoms with Crippen LogP contribution in [0.25, 0.3) is 11.3 Å². The van der Waals surface area contributed by atoms with E-state index in [1.807, 2.05) is 42.5 Å². The van der Waals surface area contributed by atoms with Gasteiger partial charge in [0.05, 0.1) is 28.6 Å². The van der Waals surface area contributed by atoms with E-state index in [1.165, 1.54) is 18.5 Å². The molecule has 8 heteroatoms. The van der Waals surface area contributed by atoms with Crippen LogP contribution >= 0.6 is 0 Å². The molecule has 0 aliphatic carbocycles. The Morgan fingerprint density at radius 1 is 1.00 bits per heavy atom. The van der Waals surface area contributed by atoms with Gasteiger partial charge in [-0.15, -0.1) is 0 Å². The molecule has 3 atom stereocenters. The van der Waals surface area contributed by atoms with Crippen molar-refractivity contribution in [3.63, 3.8) is 0 Å². The van der Waals surface area contributed by atoms with E-state index in [2.05, 4.69) is 42.8 Å². The Balaban J connectivity index is 1.53. The topological polar surface area (TPSA) is 105 Å². The highest BCUT2D eigenvalue weighted by molar-refractivity contribution is 7.89. The van der Waals surface area contributed by atoms with E-state index in [0.717, 1.165) is 29.5 Å². The Morgan fingerprint density at radius 2 is 1.70 bits per heavy atom. The second-order valence-electron chi connectivity index (χ2n) is 10.2. The van der Waals surface area contributed by atoms with Crippen LogP contribution in [0.1, 0.15) is 55.0 Å². The normalized spacial score (nSPS) is 21.8. The van der Waals surface area contributed by atoms with E-state index in [9.17, 15) is 8.42 Å². The van der Waals surface area contributed by atoms with E-state index in [0.29, 0.717) is 17.0 Å². The molecule has 0 amide bonds. The van der Waals surface area contributed by atoms with Crippen molar-refractivity contribution in [1.29, 1.82) is 0 Å². The van der Waals surface area contributed by atoms with Crippen LogP contribution in [0, 0.1) is 11.8 Å². The minimum absolute atomic E-state index is 0.0266. The molecular weight excluding hydrogens is 524 g/mol. The summed E-state index contributed by atoms with van der Waals surface area (Å²) in [7, 11) is -2.05. The molecule has 7 nitrogen and oxygen atoms in total. The Hall–Kier alpha value is -3.74. The average Bonchev–Trinajstić information content (AvgIpc) is 3.42. The van der Waals surface area contributed by atoms with Gasteiger partial charge in [-0.05, 0) is 61.4 Å². The predicted octanol–water partition coefficient (Wildman–Crippen LogP) is 5.60. The molecule has 1 aliphatic heterocycles. The van der Waals surface area contributed by atoms with Crippen LogP contribution in [0.2, 0.25) is 0 Å². The van der Waals surface area contributed by atoms with Crippen molar-refractivity contribution < 1.29 is 22.3 Å². The number of benzene rings is 3. The first-order valence-corrected chi connectivity index (χ1v) is 14.7. The van der Waals surface area contributed by atoms with Gasteiger partial charge in [-0.1, -0.05) is 54.3 Å². The number of oxazole rings is 1. The quantitative estimate of drug-likeness (QED) is 0.310. The Labute approximate surface area is 235 Å². The highest BCUT2D eigenvalue weighted by Crippen LogP contribution is 2.40. The van der Waals surface area contributed by atoms with Crippen molar-refractivity contribution in [2.24, 2.45) is 5.14 Å². The van der Waals surface area contributed by atoms with Gasteiger partial charge >= 0.3 is 0 Å². The summed E-state index contributed by atoms with van der Waals surface area (Å²) in [6.45, 7) is 4.16. The number of primary sulfonamides is 1. The minimum Gasteiger partial charge on any atom is -0.443 e. The lowest BCUT2D eigenvalue weighted by molar-refractivity contribution is -0.151. The van der Waals surface area contributed by atoms with Crippen molar-refractivity contribution >= 4 is 10.0 Å². The zero-order valence-electron chi connectivity index (χ0n) is 22.7. The van der Waals surface area contributed by atoms with Crippen LogP contribution in [0.4, 0.5) is 0 Å². The molecule has 0 spiro atoms. The molecule has 2 N–H and O–H groups in total. The van der Waals surface area contributed by atoms with Crippen LogP contribution in [0.15, 0.2) is 94.6 Å². The van der Waals surface area contributed by atoms with Crippen LogP contribution in [0.3, 0.4) is 0 Å². The lowest BCUT2D eigenvalue weighted by Gasteiger charge is -2.42. The van der Waals surface area contributed by atoms with Gasteiger partial charge in [0.2, 0.25) is 10.0 Å². The molecule has 3 aromatic carbocycles. The lowest BCUT2D eigenvalue weighted by Crippen LogP contribution is -2.42. The average molecular weight is 557 g/mol. The second kappa shape index (κ2) is 11.4. The number of methoxy groups -OCH3 is 1. The largest absolute Gasteiger partial charge is 0.443 e. The number of hydrogen-bond donors (Lipinski definition) is 1. The summed E-state index contributed by atoms with van der Waals surface area (Å²) >= 11 is 0. The first-order chi connectivity index (χ1) is 19.2. The third kappa shape index (κ3) is 5.88. The Bertz CT molecular complexity index is 1630. The number of ether oxygens (including phenoxy) is 2. The van der Waals surface area contributed by atoms with Crippen LogP contribution in [-0.4, -0.2) is 32.7 Å². The van der Waals surface area contributed by atoms with Crippen molar-refractivity contribution in [3.05, 3.63) is 108 Å². The molecule has 1 aromatic heterocycles. The van der Waals surface area contributed by atoms with Crippen LogP contribution < -0.4 is 5.14 Å². The number of nitrogens with zero attached hydrogens (tertiary/aromatic N) is 1. The third-order valence-electron chi connectivity index (χ3n) is 7.29. The fourth-order valence-electron chi connectivity index (χ4n) is 5.49. The molecule has 3 unspecified atom stereocenters. The van der Waals surface area contributed by atoms with Gasteiger partial charge < -0.3 is 13.9 Å². The van der Waals surface area contributed by atoms with Gasteiger partial charge in [-0.25, -0.2) is 18.5 Å². The number of aromatic nitrogens is 1. The smallest absolute Gasteiger partial charge is 0.238 e. The van der Waals surface area contributed by atoms with Crippen LogP contribution in [0.5, 0.6) is 0 Å². The van der Waals surface area contributed by atoms with Gasteiger partial charge in [-0.2, -0.15) is 0 Å². The summed E-state index contributed by atoms with van der Waals surface area (Å²) in [5, 5.41) is 5.27. The molecule has 0 radical (unpaired) electrons. The van der Waals surface area contributed by atoms with Gasteiger partial charge in [-0.3, -0.25) is 0 Å². The van der Waals surface area contributed by atoms with E-state index in [1.54, 1.807) is 19.2 Å². The maximum absolute atomic E-state index is 11.7. The monoisotopic (exact) mass is 556 g/mol. The molecule has 0 saturated carbocycles. The molecule has 0 bridgehead atoms. The fraction of sp³-hybridized carbons (Fsp3) is 0.281. The van der Waals surface area contributed by atoms with E-state index in [-0.39, 0.29) is 17.1 Å². The summed E-state index contributed by atoms with van der Waals surface area (Å²) in [5.74, 6) is 6.92. The zero-order valence-corrected chi connectivity index (χ0v) is 23.5. The van der Waals surface area contributed by atoms with Crippen LogP contribution in [-0.2, 0) is 25.1 Å². The van der Waals surface area contributed by atoms with E-state index < -0.39 is 21.5 Å². The number of sulfonamides is 1. The fourth-order valence-corrected chi connectivity index (χ4v) is 6.00. The molecule has 40 heavy (non-hydrogen) atoms. The van der Waals surface area contributed by atoms with E-state index >= 15 is 0 Å². The number of nitrogens with two attached hydrogens (primary N) is 1. The van der Waals surface area contributed by atoms with E-state index in [4.69, 9.17) is 19.0 Å².